The van der Waals surface area contributed by atoms with Crippen molar-refractivity contribution < 1.29 is 9.90 Å². The molecule has 0 atom stereocenters. The van der Waals surface area contributed by atoms with Gasteiger partial charge in [-0.15, -0.1) is 0 Å². The Kier molecular flexibility index (Phi) is 4.65. The van der Waals surface area contributed by atoms with Gasteiger partial charge in [0.2, 0.25) is 0 Å². The van der Waals surface area contributed by atoms with Crippen LogP contribution in [0.25, 0.3) is 28.2 Å². The number of hydrogen-bond donors (Lipinski definition) is 1. The third kappa shape index (κ3) is 3.09. The summed E-state index contributed by atoms with van der Waals surface area (Å²) in [7, 11) is 0. The molecule has 0 radical (unpaired) electrons. The van der Waals surface area contributed by atoms with Gasteiger partial charge in [0.25, 0.3) is 0 Å². The highest BCUT2D eigenvalue weighted by atomic mass is 79.9. The van der Waals surface area contributed by atoms with Crippen LogP contribution in [-0.4, -0.2) is 15.6 Å². The Morgan fingerprint density at radius 2 is 1.15 bits per heavy atom. The molecule has 0 saturated heterocycles. The molecule has 1 N–H and O–H groups in total. The molecule has 0 aliphatic carbocycles. The van der Waals surface area contributed by atoms with Gasteiger partial charge in [-0.05, 0) is 39.2 Å². The highest BCUT2D eigenvalue weighted by Gasteiger charge is 2.28. The Hall–Kier alpha value is -3.11. The van der Waals surface area contributed by atoms with Crippen molar-refractivity contribution >= 4 is 21.9 Å². The van der Waals surface area contributed by atoms with Gasteiger partial charge in [-0.3, -0.25) is 0 Å². The molecule has 0 fully saturated rings. The number of hydrogen-bond acceptors (Lipinski definition) is 1. The normalized spacial score (nSPS) is 10.7. The molecule has 0 aliphatic heterocycles. The van der Waals surface area contributed by atoms with E-state index in [0.717, 1.165) is 22.5 Å². The zero-order valence-electron chi connectivity index (χ0n) is 14.3. The molecule has 132 valence electrons. The van der Waals surface area contributed by atoms with Gasteiger partial charge in [-0.2, -0.15) is 0 Å². The lowest BCUT2D eigenvalue weighted by atomic mass is 10.1. The fourth-order valence-corrected chi connectivity index (χ4v) is 4.06. The third-order valence-corrected chi connectivity index (χ3v) is 5.21. The summed E-state index contributed by atoms with van der Waals surface area (Å²) in [6.07, 6.45) is 0. The number of carboxylic acid groups (broad SMARTS) is 1. The molecule has 0 unspecified atom stereocenters. The molecule has 27 heavy (non-hydrogen) atoms. The summed E-state index contributed by atoms with van der Waals surface area (Å²) in [5.41, 5.74) is 4.42. The standard InChI is InChI=1S/C23H16BrNO2/c24-20-19(23(26)27)21(16-10-4-1-5-11-16)25(18-14-8-3-9-15-18)22(20)17-12-6-2-7-13-17/h1-15H,(H,26,27). The van der Waals surface area contributed by atoms with E-state index in [9.17, 15) is 9.90 Å². The molecule has 0 saturated carbocycles. The largest absolute Gasteiger partial charge is 0.478 e. The molecule has 4 aromatic rings. The Balaban J connectivity index is 2.16. The van der Waals surface area contributed by atoms with Crippen molar-refractivity contribution in [1.29, 1.82) is 0 Å². The summed E-state index contributed by atoms with van der Waals surface area (Å²) in [6, 6.07) is 29.3. The second kappa shape index (κ2) is 7.25. The fourth-order valence-electron chi connectivity index (χ4n) is 3.30. The Labute approximate surface area is 165 Å². The van der Waals surface area contributed by atoms with E-state index >= 15 is 0 Å². The molecular weight excluding hydrogens is 402 g/mol. The van der Waals surface area contributed by atoms with Crippen molar-refractivity contribution in [2.45, 2.75) is 0 Å². The van der Waals surface area contributed by atoms with Gasteiger partial charge in [0, 0.05) is 5.69 Å². The number of rotatable bonds is 4. The van der Waals surface area contributed by atoms with Gasteiger partial charge in [-0.1, -0.05) is 78.9 Å². The number of nitrogens with zero attached hydrogens (tertiary/aromatic N) is 1. The van der Waals surface area contributed by atoms with Crippen molar-refractivity contribution in [3.63, 3.8) is 0 Å². The second-order valence-electron chi connectivity index (χ2n) is 6.09. The van der Waals surface area contributed by atoms with Gasteiger partial charge in [-0.25, -0.2) is 4.79 Å². The van der Waals surface area contributed by atoms with Crippen molar-refractivity contribution in [3.8, 4) is 28.2 Å². The van der Waals surface area contributed by atoms with Crippen LogP contribution in [0.1, 0.15) is 10.4 Å². The number of carboxylic acids is 1. The number of para-hydroxylation sites is 1. The highest BCUT2D eigenvalue weighted by molar-refractivity contribution is 9.10. The monoisotopic (exact) mass is 417 g/mol. The van der Waals surface area contributed by atoms with Crippen molar-refractivity contribution in [1.82, 2.24) is 4.57 Å². The minimum atomic E-state index is -0.965. The van der Waals surface area contributed by atoms with Crippen molar-refractivity contribution in [2.24, 2.45) is 0 Å². The van der Waals surface area contributed by atoms with Crippen LogP contribution in [0.15, 0.2) is 95.5 Å². The van der Waals surface area contributed by atoms with Crippen LogP contribution in [0.2, 0.25) is 0 Å². The van der Waals surface area contributed by atoms with E-state index in [4.69, 9.17) is 0 Å². The first-order chi connectivity index (χ1) is 13.2. The average molecular weight is 418 g/mol. The molecule has 4 heteroatoms. The molecule has 0 amide bonds. The lowest BCUT2D eigenvalue weighted by molar-refractivity contribution is 0.0697. The molecule has 0 bridgehead atoms. The SMILES string of the molecule is O=C(O)c1c(Br)c(-c2ccccc2)n(-c2ccccc2)c1-c1ccccc1. The van der Waals surface area contributed by atoms with Crippen molar-refractivity contribution in [2.75, 3.05) is 0 Å². The van der Waals surface area contributed by atoms with Crippen LogP contribution >= 0.6 is 15.9 Å². The van der Waals surface area contributed by atoms with Crippen LogP contribution in [0, 0.1) is 0 Å². The maximum atomic E-state index is 12.2. The van der Waals surface area contributed by atoms with E-state index in [0.29, 0.717) is 10.2 Å². The summed E-state index contributed by atoms with van der Waals surface area (Å²) >= 11 is 3.58. The lowest BCUT2D eigenvalue weighted by Gasteiger charge is -2.14. The second-order valence-corrected chi connectivity index (χ2v) is 6.89. The number of aromatic nitrogens is 1. The topological polar surface area (TPSA) is 42.2 Å². The van der Waals surface area contributed by atoms with Crippen LogP contribution in [0.5, 0.6) is 0 Å². The number of aromatic carboxylic acids is 1. The quantitative estimate of drug-likeness (QED) is 0.424. The zero-order valence-corrected chi connectivity index (χ0v) is 15.9. The lowest BCUT2D eigenvalue weighted by Crippen LogP contribution is -2.03. The van der Waals surface area contributed by atoms with Crippen molar-refractivity contribution in [3.05, 3.63) is 101 Å². The smallest absolute Gasteiger partial charge is 0.339 e. The van der Waals surface area contributed by atoms with Gasteiger partial charge in [0.1, 0.15) is 5.56 Å². The van der Waals surface area contributed by atoms with Gasteiger partial charge >= 0.3 is 5.97 Å². The summed E-state index contributed by atoms with van der Waals surface area (Å²) in [6.45, 7) is 0. The number of carbonyl (C=O) groups is 1. The Morgan fingerprint density at radius 1 is 0.704 bits per heavy atom. The highest BCUT2D eigenvalue weighted by Crippen LogP contribution is 2.42. The van der Waals surface area contributed by atoms with E-state index in [2.05, 4.69) is 15.9 Å². The Bertz CT molecular complexity index is 1090. The summed E-state index contributed by atoms with van der Waals surface area (Å²) < 4.78 is 2.59. The van der Waals surface area contributed by atoms with Crippen LogP contribution < -0.4 is 0 Å². The molecule has 1 heterocycles. The molecule has 0 aliphatic rings. The zero-order chi connectivity index (χ0) is 18.8. The maximum Gasteiger partial charge on any atom is 0.339 e. The molecule has 1 aromatic heterocycles. The molecular formula is C23H16BrNO2. The van der Waals surface area contributed by atoms with Crippen LogP contribution in [0.4, 0.5) is 0 Å². The minimum Gasteiger partial charge on any atom is -0.478 e. The summed E-state index contributed by atoms with van der Waals surface area (Å²) in [5, 5.41) is 10.00. The first-order valence-electron chi connectivity index (χ1n) is 8.52. The fraction of sp³-hybridized carbons (Fsp3) is 0. The van der Waals surface area contributed by atoms with E-state index in [-0.39, 0.29) is 5.56 Å². The van der Waals surface area contributed by atoms with Gasteiger partial charge in [0.15, 0.2) is 0 Å². The number of benzene rings is 3. The van der Waals surface area contributed by atoms with E-state index in [1.165, 1.54) is 0 Å². The van der Waals surface area contributed by atoms with Crippen LogP contribution in [-0.2, 0) is 0 Å². The molecule has 4 rings (SSSR count). The Morgan fingerprint density at radius 3 is 1.63 bits per heavy atom. The average Bonchev–Trinajstić information content (AvgIpc) is 3.03. The maximum absolute atomic E-state index is 12.2. The number of halogens is 1. The predicted octanol–water partition coefficient (Wildman–Crippen LogP) is 6.27. The van der Waals surface area contributed by atoms with E-state index in [1.54, 1.807) is 0 Å². The minimum absolute atomic E-state index is 0.254. The van der Waals surface area contributed by atoms with Gasteiger partial charge in [0.05, 0.1) is 15.9 Å². The van der Waals surface area contributed by atoms with Gasteiger partial charge < -0.3 is 9.67 Å². The van der Waals surface area contributed by atoms with E-state index < -0.39 is 5.97 Å². The third-order valence-electron chi connectivity index (χ3n) is 4.43. The first-order valence-corrected chi connectivity index (χ1v) is 9.31. The molecule has 3 nitrogen and oxygen atoms in total. The molecule has 0 spiro atoms. The molecule has 3 aromatic carbocycles. The van der Waals surface area contributed by atoms with Crippen LogP contribution in [0.3, 0.4) is 0 Å². The van der Waals surface area contributed by atoms with E-state index in [1.807, 2.05) is 95.6 Å². The summed E-state index contributed by atoms with van der Waals surface area (Å²) in [5.74, 6) is -0.965. The summed E-state index contributed by atoms with van der Waals surface area (Å²) in [4.78, 5) is 12.2. The first kappa shape index (κ1) is 17.3. The predicted molar refractivity (Wildman–Crippen MR) is 111 cm³/mol.